The van der Waals surface area contributed by atoms with Gasteiger partial charge >= 0.3 is 5.97 Å². The topological polar surface area (TPSA) is 63.3 Å². The van der Waals surface area contributed by atoms with Crippen molar-refractivity contribution < 1.29 is 9.90 Å². The minimum Gasteiger partial charge on any atom is -0.480 e. The molecular weight excluding hydrogens is 142 g/mol. The third-order valence-electron chi connectivity index (χ3n) is 2.47. The second kappa shape index (κ2) is 3.22. The largest absolute Gasteiger partial charge is 0.480 e. The van der Waals surface area contributed by atoms with Crippen LogP contribution in [-0.2, 0) is 4.79 Å². The molecule has 0 heterocycles. The van der Waals surface area contributed by atoms with Crippen molar-refractivity contribution in [2.45, 2.75) is 32.2 Å². The highest BCUT2D eigenvalue weighted by Gasteiger charge is 2.37. The molecular formula is C8H15NO2. The Hall–Kier alpha value is -0.570. The number of hydrogen-bond acceptors (Lipinski definition) is 2. The first-order valence-corrected chi connectivity index (χ1v) is 4.13. The average Bonchev–Trinajstić information content (AvgIpc) is 2.67. The SMILES string of the molecule is CC[C@@H]1C[C@H]1CC(N)C(=O)O. The van der Waals surface area contributed by atoms with Crippen molar-refractivity contribution in [3.63, 3.8) is 0 Å². The van der Waals surface area contributed by atoms with Crippen molar-refractivity contribution >= 4 is 5.97 Å². The van der Waals surface area contributed by atoms with Crippen LogP contribution >= 0.6 is 0 Å². The van der Waals surface area contributed by atoms with E-state index in [4.69, 9.17) is 10.8 Å². The Morgan fingerprint density at radius 1 is 1.73 bits per heavy atom. The van der Waals surface area contributed by atoms with E-state index in [1.165, 1.54) is 6.42 Å². The van der Waals surface area contributed by atoms with E-state index >= 15 is 0 Å². The summed E-state index contributed by atoms with van der Waals surface area (Å²) in [6.45, 7) is 2.14. The second-order valence-corrected chi connectivity index (χ2v) is 3.34. The Kier molecular flexibility index (Phi) is 2.49. The summed E-state index contributed by atoms with van der Waals surface area (Å²) in [5.74, 6) is 0.471. The first-order valence-electron chi connectivity index (χ1n) is 4.13. The summed E-state index contributed by atoms with van der Waals surface area (Å²) in [7, 11) is 0. The molecule has 0 aromatic carbocycles. The molecule has 1 fully saturated rings. The van der Waals surface area contributed by atoms with Crippen LogP contribution in [0.5, 0.6) is 0 Å². The van der Waals surface area contributed by atoms with Gasteiger partial charge in [0.05, 0.1) is 0 Å². The highest BCUT2D eigenvalue weighted by molar-refractivity contribution is 5.73. The maximum Gasteiger partial charge on any atom is 0.320 e. The van der Waals surface area contributed by atoms with Gasteiger partial charge in [0, 0.05) is 0 Å². The van der Waals surface area contributed by atoms with Gasteiger partial charge in [0.1, 0.15) is 6.04 Å². The molecule has 0 bridgehead atoms. The quantitative estimate of drug-likeness (QED) is 0.635. The van der Waals surface area contributed by atoms with Gasteiger partial charge in [-0.1, -0.05) is 13.3 Å². The van der Waals surface area contributed by atoms with Crippen LogP contribution in [0.3, 0.4) is 0 Å². The number of nitrogens with two attached hydrogens (primary N) is 1. The lowest BCUT2D eigenvalue weighted by atomic mass is 10.1. The van der Waals surface area contributed by atoms with E-state index in [-0.39, 0.29) is 0 Å². The van der Waals surface area contributed by atoms with E-state index in [0.717, 1.165) is 12.3 Å². The Morgan fingerprint density at radius 3 is 2.73 bits per heavy atom. The van der Waals surface area contributed by atoms with Crippen LogP contribution in [-0.4, -0.2) is 17.1 Å². The molecule has 0 amide bonds. The number of aliphatic carboxylic acids is 1. The van der Waals surface area contributed by atoms with Crippen LogP contribution in [0.15, 0.2) is 0 Å². The number of rotatable bonds is 4. The fourth-order valence-corrected chi connectivity index (χ4v) is 1.53. The molecule has 3 atom stereocenters. The van der Waals surface area contributed by atoms with E-state index in [1.54, 1.807) is 0 Å². The molecule has 1 aliphatic carbocycles. The lowest BCUT2D eigenvalue weighted by molar-refractivity contribution is -0.138. The molecule has 0 spiro atoms. The summed E-state index contributed by atoms with van der Waals surface area (Å²) in [6, 6.07) is -0.642. The van der Waals surface area contributed by atoms with Gasteiger partial charge in [0.2, 0.25) is 0 Å². The van der Waals surface area contributed by atoms with Crippen molar-refractivity contribution in [3.8, 4) is 0 Å². The molecule has 3 N–H and O–H groups in total. The molecule has 3 heteroatoms. The first-order chi connectivity index (χ1) is 5.15. The van der Waals surface area contributed by atoms with Gasteiger partial charge in [-0.15, -0.1) is 0 Å². The van der Waals surface area contributed by atoms with Crippen LogP contribution in [0.1, 0.15) is 26.2 Å². The third kappa shape index (κ3) is 2.19. The smallest absolute Gasteiger partial charge is 0.320 e. The molecule has 3 nitrogen and oxygen atoms in total. The average molecular weight is 157 g/mol. The molecule has 11 heavy (non-hydrogen) atoms. The maximum atomic E-state index is 10.3. The Balaban J connectivity index is 2.18. The lowest BCUT2D eigenvalue weighted by Gasteiger charge is -2.03. The van der Waals surface area contributed by atoms with E-state index in [9.17, 15) is 4.79 Å². The van der Waals surface area contributed by atoms with Gasteiger partial charge < -0.3 is 10.8 Å². The van der Waals surface area contributed by atoms with Gasteiger partial charge in [-0.2, -0.15) is 0 Å². The molecule has 0 saturated heterocycles. The summed E-state index contributed by atoms with van der Waals surface area (Å²) < 4.78 is 0. The number of carboxylic acid groups (broad SMARTS) is 1. The second-order valence-electron chi connectivity index (χ2n) is 3.34. The maximum absolute atomic E-state index is 10.3. The normalized spacial score (nSPS) is 31.5. The predicted molar refractivity (Wildman–Crippen MR) is 42.1 cm³/mol. The van der Waals surface area contributed by atoms with Crippen LogP contribution in [0.25, 0.3) is 0 Å². The Bertz CT molecular complexity index is 158. The highest BCUT2D eigenvalue weighted by Crippen LogP contribution is 2.43. The van der Waals surface area contributed by atoms with Crippen LogP contribution in [0.4, 0.5) is 0 Å². The highest BCUT2D eigenvalue weighted by atomic mass is 16.4. The van der Waals surface area contributed by atoms with Crippen LogP contribution in [0.2, 0.25) is 0 Å². The summed E-state index contributed by atoms with van der Waals surface area (Å²) in [5.41, 5.74) is 5.37. The van der Waals surface area contributed by atoms with E-state index in [1.807, 2.05) is 0 Å². The Labute approximate surface area is 66.6 Å². The fourth-order valence-electron chi connectivity index (χ4n) is 1.53. The number of carboxylic acids is 1. The fraction of sp³-hybridized carbons (Fsp3) is 0.875. The monoisotopic (exact) mass is 157 g/mol. The van der Waals surface area contributed by atoms with Crippen molar-refractivity contribution in [2.24, 2.45) is 17.6 Å². The zero-order valence-corrected chi connectivity index (χ0v) is 6.79. The van der Waals surface area contributed by atoms with E-state index < -0.39 is 12.0 Å². The summed E-state index contributed by atoms with van der Waals surface area (Å²) in [6.07, 6.45) is 3.00. The van der Waals surface area contributed by atoms with Crippen molar-refractivity contribution in [2.75, 3.05) is 0 Å². The summed E-state index contributed by atoms with van der Waals surface area (Å²) >= 11 is 0. The van der Waals surface area contributed by atoms with Crippen molar-refractivity contribution in [1.82, 2.24) is 0 Å². The van der Waals surface area contributed by atoms with E-state index in [2.05, 4.69) is 6.92 Å². The molecule has 1 aliphatic rings. The molecule has 0 aliphatic heterocycles. The Morgan fingerprint density at radius 2 is 2.36 bits per heavy atom. The molecule has 1 rings (SSSR count). The number of carbonyl (C=O) groups is 1. The summed E-state index contributed by atoms with van der Waals surface area (Å²) in [5, 5.41) is 8.49. The minimum atomic E-state index is -0.869. The minimum absolute atomic E-state index is 0.589. The van der Waals surface area contributed by atoms with Gasteiger partial charge in [0.25, 0.3) is 0 Å². The standard InChI is InChI=1S/C8H15NO2/c1-2-5-3-6(5)4-7(9)8(10)11/h5-7H,2-4,9H2,1H3,(H,10,11)/t5-,6+,7?/m1/s1. The first kappa shape index (κ1) is 8.53. The molecule has 0 aromatic rings. The van der Waals surface area contributed by atoms with Gasteiger partial charge in [-0.25, -0.2) is 0 Å². The zero-order valence-electron chi connectivity index (χ0n) is 6.79. The van der Waals surface area contributed by atoms with Gasteiger partial charge in [0.15, 0.2) is 0 Å². The van der Waals surface area contributed by atoms with Gasteiger partial charge in [-0.3, -0.25) is 4.79 Å². The van der Waals surface area contributed by atoms with Crippen molar-refractivity contribution in [3.05, 3.63) is 0 Å². The number of hydrogen-bond donors (Lipinski definition) is 2. The molecule has 1 saturated carbocycles. The predicted octanol–water partition coefficient (Wildman–Crippen LogP) is 0.834. The molecule has 0 radical (unpaired) electrons. The van der Waals surface area contributed by atoms with Crippen LogP contribution in [0, 0.1) is 11.8 Å². The summed E-state index contributed by atoms with van der Waals surface area (Å²) in [4.78, 5) is 10.3. The van der Waals surface area contributed by atoms with Gasteiger partial charge in [-0.05, 0) is 24.7 Å². The molecule has 1 unspecified atom stereocenters. The van der Waals surface area contributed by atoms with Crippen LogP contribution < -0.4 is 5.73 Å². The third-order valence-corrected chi connectivity index (χ3v) is 2.47. The molecule has 0 aromatic heterocycles. The van der Waals surface area contributed by atoms with Crippen molar-refractivity contribution in [1.29, 1.82) is 0 Å². The lowest BCUT2D eigenvalue weighted by Crippen LogP contribution is -2.30. The van der Waals surface area contributed by atoms with E-state index in [0.29, 0.717) is 12.3 Å². The zero-order chi connectivity index (χ0) is 8.43. The molecule has 64 valence electrons.